The summed E-state index contributed by atoms with van der Waals surface area (Å²) < 4.78 is 13.7. The Morgan fingerprint density at radius 3 is 2.70 bits per heavy atom. The zero-order chi connectivity index (χ0) is 14.5. The molecule has 2 N–H and O–H groups in total. The lowest BCUT2D eigenvalue weighted by atomic mass is 10.3. The molecule has 7 heteroatoms. The van der Waals surface area contributed by atoms with Crippen molar-refractivity contribution in [3.8, 4) is 0 Å². The molecule has 2 aromatic rings. The predicted octanol–water partition coefficient (Wildman–Crippen LogP) is 4.17. The summed E-state index contributed by atoms with van der Waals surface area (Å²) in [6.07, 6.45) is 1.88. The highest BCUT2D eigenvalue weighted by molar-refractivity contribution is 7.98. The zero-order valence-corrected chi connectivity index (χ0v) is 12.6. The van der Waals surface area contributed by atoms with E-state index in [4.69, 9.17) is 11.6 Å². The molecule has 0 amide bonds. The Hall–Kier alpha value is -1.53. The Balaban J connectivity index is 2.32. The van der Waals surface area contributed by atoms with Crippen molar-refractivity contribution >= 4 is 40.7 Å². The third kappa shape index (κ3) is 3.74. The van der Waals surface area contributed by atoms with E-state index in [1.807, 2.05) is 13.2 Å². The van der Waals surface area contributed by atoms with Gasteiger partial charge in [-0.2, -0.15) is 0 Å². The second-order valence-electron chi connectivity index (χ2n) is 3.90. The van der Waals surface area contributed by atoms with Gasteiger partial charge in [0.15, 0.2) is 5.16 Å². The van der Waals surface area contributed by atoms with Crippen molar-refractivity contribution in [3.05, 3.63) is 35.1 Å². The van der Waals surface area contributed by atoms with E-state index in [0.29, 0.717) is 21.8 Å². The molecule has 0 saturated carbocycles. The van der Waals surface area contributed by atoms with Gasteiger partial charge in [-0.25, -0.2) is 14.4 Å². The van der Waals surface area contributed by atoms with Gasteiger partial charge in [0, 0.05) is 17.6 Å². The maximum absolute atomic E-state index is 13.7. The Morgan fingerprint density at radius 1 is 1.25 bits per heavy atom. The molecular formula is C13H14ClFN4S. The van der Waals surface area contributed by atoms with Crippen LogP contribution in [-0.4, -0.2) is 22.8 Å². The van der Waals surface area contributed by atoms with E-state index >= 15 is 0 Å². The minimum Gasteiger partial charge on any atom is -0.370 e. The molecule has 0 unspecified atom stereocenters. The number of hydrogen-bond acceptors (Lipinski definition) is 5. The van der Waals surface area contributed by atoms with Crippen LogP contribution in [0.15, 0.2) is 29.4 Å². The molecule has 0 bridgehead atoms. The fourth-order valence-corrected chi connectivity index (χ4v) is 2.13. The molecular weight excluding hydrogens is 299 g/mol. The lowest BCUT2D eigenvalue weighted by molar-refractivity contribution is 0.631. The van der Waals surface area contributed by atoms with Crippen LogP contribution in [0.2, 0.25) is 5.02 Å². The Morgan fingerprint density at radius 2 is 2.00 bits per heavy atom. The van der Waals surface area contributed by atoms with Crippen LogP contribution in [0.25, 0.3) is 0 Å². The maximum Gasteiger partial charge on any atom is 0.191 e. The monoisotopic (exact) mass is 312 g/mol. The highest BCUT2D eigenvalue weighted by atomic mass is 35.5. The SMILES string of the molecule is CCNc1cc(Nc2cc(Cl)ccc2F)nc(SC)n1. The van der Waals surface area contributed by atoms with Crippen molar-refractivity contribution < 1.29 is 4.39 Å². The molecule has 1 aromatic heterocycles. The Labute approximate surface area is 126 Å². The average Bonchev–Trinajstić information content (AvgIpc) is 2.43. The highest BCUT2D eigenvalue weighted by Crippen LogP contribution is 2.25. The quantitative estimate of drug-likeness (QED) is 0.641. The van der Waals surface area contributed by atoms with Crippen LogP contribution in [0.4, 0.5) is 21.7 Å². The Bertz CT molecular complexity index is 609. The minimum absolute atomic E-state index is 0.283. The summed E-state index contributed by atoms with van der Waals surface area (Å²) in [5.74, 6) is 0.821. The van der Waals surface area contributed by atoms with Gasteiger partial charge in [0.1, 0.15) is 17.5 Å². The summed E-state index contributed by atoms with van der Waals surface area (Å²) in [5, 5.41) is 7.10. The number of halogens is 2. The average molecular weight is 313 g/mol. The number of rotatable bonds is 5. The van der Waals surface area contributed by atoms with Gasteiger partial charge >= 0.3 is 0 Å². The van der Waals surface area contributed by atoms with Gasteiger partial charge in [-0.15, -0.1) is 0 Å². The summed E-state index contributed by atoms with van der Waals surface area (Å²) >= 11 is 7.29. The van der Waals surface area contributed by atoms with E-state index < -0.39 is 0 Å². The highest BCUT2D eigenvalue weighted by Gasteiger charge is 2.07. The fraction of sp³-hybridized carbons (Fsp3) is 0.231. The molecule has 0 atom stereocenters. The molecule has 0 aliphatic rings. The smallest absolute Gasteiger partial charge is 0.191 e. The first-order chi connectivity index (χ1) is 9.62. The van der Waals surface area contributed by atoms with Gasteiger partial charge in [0.2, 0.25) is 0 Å². The van der Waals surface area contributed by atoms with Crippen LogP contribution in [0.5, 0.6) is 0 Å². The maximum atomic E-state index is 13.7. The molecule has 1 heterocycles. The van der Waals surface area contributed by atoms with Gasteiger partial charge in [0.25, 0.3) is 0 Å². The van der Waals surface area contributed by atoms with Crippen molar-refractivity contribution in [1.82, 2.24) is 9.97 Å². The molecule has 0 aliphatic carbocycles. The van der Waals surface area contributed by atoms with E-state index in [2.05, 4.69) is 20.6 Å². The Kier molecular flexibility index (Phi) is 5.03. The second-order valence-corrected chi connectivity index (χ2v) is 5.11. The first-order valence-corrected chi connectivity index (χ1v) is 7.61. The molecule has 2 rings (SSSR count). The third-order valence-corrected chi connectivity index (χ3v) is 3.22. The van der Waals surface area contributed by atoms with Crippen LogP contribution in [0.1, 0.15) is 6.92 Å². The van der Waals surface area contributed by atoms with E-state index in [1.165, 1.54) is 30.0 Å². The van der Waals surface area contributed by atoms with Gasteiger partial charge < -0.3 is 10.6 Å². The fourth-order valence-electron chi connectivity index (χ4n) is 1.58. The summed E-state index contributed by atoms with van der Waals surface area (Å²) in [4.78, 5) is 8.60. The van der Waals surface area contributed by atoms with Crippen LogP contribution in [-0.2, 0) is 0 Å². The van der Waals surface area contributed by atoms with Gasteiger partial charge in [-0.3, -0.25) is 0 Å². The molecule has 106 valence electrons. The normalized spacial score (nSPS) is 10.4. The summed E-state index contributed by atoms with van der Waals surface area (Å²) in [6, 6.07) is 6.06. The number of nitrogens with zero attached hydrogens (tertiary/aromatic N) is 2. The van der Waals surface area contributed by atoms with Crippen LogP contribution < -0.4 is 10.6 Å². The van der Waals surface area contributed by atoms with Crippen LogP contribution >= 0.6 is 23.4 Å². The first kappa shape index (κ1) is 14.9. The topological polar surface area (TPSA) is 49.8 Å². The molecule has 0 fully saturated rings. The number of benzene rings is 1. The number of hydrogen-bond donors (Lipinski definition) is 2. The van der Waals surface area contributed by atoms with Gasteiger partial charge in [-0.1, -0.05) is 23.4 Å². The molecule has 0 saturated heterocycles. The van der Waals surface area contributed by atoms with Crippen LogP contribution in [0, 0.1) is 5.82 Å². The van der Waals surface area contributed by atoms with E-state index in [9.17, 15) is 4.39 Å². The zero-order valence-electron chi connectivity index (χ0n) is 11.1. The molecule has 1 aromatic carbocycles. The molecule has 4 nitrogen and oxygen atoms in total. The number of aromatic nitrogens is 2. The lowest BCUT2D eigenvalue weighted by Crippen LogP contribution is -2.04. The molecule has 0 radical (unpaired) electrons. The van der Waals surface area contributed by atoms with E-state index in [1.54, 1.807) is 6.07 Å². The molecule has 0 spiro atoms. The second kappa shape index (κ2) is 6.76. The van der Waals surface area contributed by atoms with Gasteiger partial charge in [-0.05, 0) is 31.4 Å². The van der Waals surface area contributed by atoms with Crippen molar-refractivity contribution in [2.45, 2.75) is 12.1 Å². The first-order valence-electron chi connectivity index (χ1n) is 6.01. The van der Waals surface area contributed by atoms with Crippen molar-refractivity contribution in [3.63, 3.8) is 0 Å². The van der Waals surface area contributed by atoms with Gasteiger partial charge in [0.05, 0.1) is 5.69 Å². The third-order valence-electron chi connectivity index (χ3n) is 2.44. The molecule has 0 aliphatic heterocycles. The number of nitrogens with one attached hydrogen (secondary N) is 2. The minimum atomic E-state index is -0.385. The van der Waals surface area contributed by atoms with Crippen molar-refractivity contribution in [2.24, 2.45) is 0 Å². The lowest BCUT2D eigenvalue weighted by Gasteiger charge is -2.10. The summed E-state index contributed by atoms with van der Waals surface area (Å²) in [6.45, 7) is 2.72. The van der Waals surface area contributed by atoms with Crippen LogP contribution in [0.3, 0.4) is 0 Å². The van der Waals surface area contributed by atoms with Crippen molar-refractivity contribution in [1.29, 1.82) is 0 Å². The predicted molar refractivity (Wildman–Crippen MR) is 82.7 cm³/mol. The summed E-state index contributed by atoms with van der Waals surface area (Å²) in [7, 11) is 0. The van der Waals surface area contributed by atoms with E-state index in [0.717, 1.165) is 6.54 Å². The summed E-state index contributed by atoms with van der Waals surface area (Å²) in [5.41, 5.74) is 0.283. The molecule has 20 heavy (non-hydrogen) atoms. The largest absolute Gasteiger partial charge is 0.370 e. The van der Waals surface area contributed by atoms with E-state index in [-0.39, 0.29) is 11.5 Å². The number of thioether (sulfide) groups is 1. The number of anilines is 3. The van der Waals surface area contributed by atoms with Crippen molar-refractivity contribution in [2.75, 3.05) is 23.4 Å². The standard InChI is InChI=1S/C13H14ClFN4S/c1-3-16-11-7-12(19-13(18-11)20-2)17-10-6-8(14)4-5-9(10)15/h4-7H,3H2,1-2H3,(H2,16,17,18,19).